The SMILES string of the molecule is CCCCOC(C)C(=O)NC(Cc1ccccc1)C(=O)O. The highest BCUT2D eigenvalue weighted by Crippen LogP contribution is 2.04. The first-order valence-corrected chi connectivity index (χ1v) is 7.23. The molecule has 0 aliphatic heterocycles. The highest BCUT2D eigenvalue weighted by atomic mass is 16.5. The summed E-state index contributed by atoms with van der Waals surface area (Å²) in [6.45, 7) is 4.17. The lowest BCUT2D eigenvalue weighted by atomic mass is 10.1. The van der Waals surface area contributed by atoms with Gasteiger partial charge in [-0.1, -0.05) is 43.7 Å². The molecule has 0 spiro atoms. The van der Waals surface area contributed by atoms with Gasteiger partial charge in [-0.2, -0.15) is 0 Å². The molecule has 2 atom stereocenters. The van der Waals surface area contributed by atoms with Crippen molar-refractivity contribution in [2.24, 2.45) is 0 Å². The van der Waals surface area contributed by atoms with Gasteiger partial charge in [0, 0.05) is 13.0 Å². The Balaban J connectivity index is 2.54. The van der Waals surface area contributed by atoms with Gasteiger partial charge in [0.2, 0.25) is 5.91 Å². The minimum atomic E-state index is -1.05. The molecule has 0 radical (unpaired) electrons. The summed E-state index contributed by atoms with van der Waals surface area (Å²) >= 11 is 0. The molecular formula is C16H23NO4. The highest BCUT2D eigenvalue weighted by molar-refractivity contribution is 5.86. The van der Waals surface area contributed by atoms with Gasteiger partial charge in [0.05, 0.1) is 0 Å². The predicted octanol–water partition coefficient (Wildman–Crippen LogP) is 2.00. The van der Waals surface area contributed by atoms with Gasteiger partial charge in [0.25, 0.3) is 0 Å². The van der Waals surface area contributed by atoms with Gasteiger partial charge in [-0.05, 0) is 18.9 Å². The average molecular weight is 293 g/mol. The second-order valence-corrected chi connectivity index (χ2v) is 4.96. The van der Waals surface area contributed by atoms with E-state index in [1.54, 1.807) is 6.92 Å². The molecule has 0 saturated carbocycles. The van der Waals surface area contributed by atoms with Gasteiger partial charge in [0.15, 0.2) is 0 Å². The van der Waals surface area contributed by atoms with E-state index in [1.807, 2.05) is 37.3 Å². The lowest BCUT2D eigenvalue weighted by molar-refractivity contribution is -0.144. The molecule has 0 saturated heterocycles. The number of benzene rings is 1. The third kappa shape index (κ3) is 6.40. The zero-order chi connectivity index (χ0) is 15.7. The number of rotatable bonds is 9. The molecule has 5 nitrogen and oxygen atoms in total. The van der Waals surface area contributed by atoms with Crippen molar-refractivity contribution in [1.29, 1.82) is 0 Å². The van der Waals surface area contributed by atoms with Crippen LogP contribution >= 0.6 is 0 Å². The van der Waals surface area contributed by atoms with Crippen LogP contribution in [0.4, 0.5) is 0 Å². The third-order valence-electron chi connectivity index (χ3n) is 3.13. The molecule has 1 aromatic carbocycles. The number of amides is 1. The quantitative estimate of drug-likeness (QED) is 0.683. The first kappa shape index (κ1) is 17.2. The summed E-state index contributed by atoms with van der Waals surface area (Å²) in [6, 6.07) is 8.27. The van der Waals surface area contributed by atoms with Crippen LogP contribution in [0.3, 0.4) is 0 Å². The molecule has 1 amide bonds. The second kappa shape index (κ2) is 9.13. The molecular weight excluding hydrogens is 270 g/mol. The van der Waals surface area contributed by atoms with E-state index in [0.717, 1.165) is 18.4 Å². The van der Waals surface area contributed by atoms with Gasteiger partial charge in [0.1, 0.15) is 12.1 Å². The zero-order valence-corrected chi connectivity index (χ0v) is 12.5. The standard InChI is InChI=1S/C16H23NO4/c1-3-4-10-21-12(2)15(18)17-14(16(19)20)11-13-8-6-5-7-9-13/h5-9,12,14H,3-4,10-11H2,1-2H3,(H,17,18)(H,19,20). The Kier molecular flexibility index (Phi) is 7.46. The van der Waals surface area contributed by atoms with Crippen molar-refractivity contribution in [3.05, 3.63) is 35.9 Å². The van der Waals surface area contributed by atoms with Crippen molar-refractivity contribution in [3.63, 3.8) is 0 Å². The Labute approximate surface area is 125 Å². The maximum Gasteiger partial charge on any atom is 0.326 e. The van der Waals surface area contributed by atoms with E-state index < -0.39 is 24.0 Å². The van der Waals surface area contributed by atoms with Crippen molar-refractivity contribution < 1.29 is 19.4 Å². The molecule has 0 aliphatic carbocycles. The number of carboxylic acids is 1. The Morgan fingerprint density at radius 1 is 1.29 bits per heavy atom. The Hall–Kier alpha value is -1.88. The fourth-order valence-electron chi connectivity index (χ4n) is 1.82. The Morgan fingerprint density at radius 2 is 1.95 bits per heavy atom. The summed E-state index contributed by atoms with van der Waals surface area (Å²) in [5.41, 5.74) is 0.866. The van der Waals surface area contributed by atoms with Crippen molar-refractivity contribution in [3.8, 4) is 0 Å². The number of unbranched alkanes of at least 4 members (excludes halogenated alkanes) is 1. The van der Waals surface area contributed by atoms with Crippen molar-refractivity contribution in [2.45, 2.75) is 45.3 Å². The molecule has 116 valence electrons. The minimum Gasteiger partial charge on any atom is -0.480 e. The van der Waals surface area contributed by atoms with E-state index in [-0.39, 0.29) is 6.42 Å². The van der Waals surface area contributed by atoms with Gasteiger partial charge in [-0.25, -0.2) is 4.79 Å². The van der Waals surface area contributed by atoms with Gasteiger partial charge in [-0.15, -0.1) is 0 Å². The van der Waals surface area contributed by atoms with E-state index in [1.165, 1.54) is 0 Å². The van der Waals surface area contributed by atoms with E-state index in [2.05, 4.69) is 5.32 Å². The molecule has 0 aliphatic rings. The molecule has 5 heteroatoms. The molecule has 0 heterocycles. The third-order valence-corrected chi connectivity index (χ3v) is 3.13. The van der Waals surface area contributed by atoms with Crippen LogP contribution in [0.2, 0.25) is 0 Å². The van der Waals surface area contributed by atoms with E-state index in [9.17, 15) is 14.7 Å². The van der Waals surface area contributed by atoms with Gasteiger partial charge < -0.3 is 15.2 Å². The van der Waals surface area contributed by atoms with Gasteiger partial charge >= 0.3 is 5.97 Å². The summed E-state index contributed by atoms with van der Waals surface area (Å²) in [5.74, 6) is -1.44. The second-order valence-electron chi connectivity index (χ2n) is 4.96. The minimum absolute atomic E-state index is 0.254. The largest absolute Gasteiger partial charge is 0.480 e. The number of hydrogen-bond acceptors (Lipinski definition) is 3. The monoisotopic (exact) mass is 293 g/mol. The lowest BCUT2D eigenvalue weighted by Crippen LogP contribution is -2.46. The lowest BCUT2D eigenvalue weighted by Gasteiger charge is -2.18. The molecule has 0 aromatic heterocycles. The summed E-state index contributed by atoms with van der Waals surface area (Å²) in [7, 11) is 0. The van der Waals surface area contributed by atoms with Crippen LogP contribution in [0, 0.1) is 0 Å². The van der Waals surface area contributed by atoms with Crippen LogP contribution in [0.25, 0.3) is 0 Å². The number of aliphatic carboxylic acids is 1. The number of carbonyl (C=O) groups is 2. The van der Waals surface area contributed by atoms with Crippen molar-refractivity contribution in [1.82, 2.24) is 5.32 Å². The molecule has 1 aromatic rings. The molecule has 21 heavy (non-hydrogen) atoms. The normalized spacial score (nSPS) is 13.4. The summed E-state index contributed by atoms with van der Waals surface area (Å²) in [4.78, 5) is 23.2. The highest BCUT2D eigenvalue weighted by Gasteiger charge is 2.23. The molecule has 2 unspecified atom stereocenters. The zero-order valence-electron chi connectivity index (χ0n) is 12.5. The maximum atomic E-state index is 11.9. The fraction of sp³-hybridized carbons (Fsp3) is 0.500. The first-order valence-electron chi connectivity index (χ1n) is 7.23. The number of carboxylic acid groups (broad SMARTS) is 1. The summed E-state index contributed by atoms with van der Waals surface area (Å²) < 4.78 is 5.37. The fourth-order valence-corrected chi connectivity index (χ4v) is 1.82. The molecule has 2 N–H and O–H groups in total. The van der Waals surface area contributed by atoms with Crippen LogP contribution in [0.15, 0.2) is 30.3 Å². The van der Waals surface area contributed by atoms with Crippen molar-refractivity contribution >= 4 is 11.9 Å². The first-order chi connectivity index (χ1) is 10.0. The number of carbonyl (C=O) groups excluding carboxylic acids is 1. The van der Waals surface area contributed by atoms with E-state index in [0.29, 0.717) is 6.61 Å². The van der Waals surface area contributed by atoms with Crippen LogP contribution in [0.1, 0.15) is 32.3 Å². The smallest absolute Gasteiger partial charge is 0.326 e. The van der Waals surface area contributed by atoms with Crippen LogP contribution in [-0.4, -0.2) is 35.7 Å². The topological polar surface area (TPSA) is 75.6 Å². The van der Waals surface area contributed by atoms with Crippen molar-refractivity contribution in [2.75, 3.05) is 6.61 Å². The van der Waals surface area contributed by atoms with Crippen LogP contribution in [0.5, 0.6) is 0 Å². The van der Waals surface area contributed by atoms with Crippen LogP contribution < -0.4 is 5.32 Å². The number of nitrogens with one attached hydrogen (secondary N) is 1. The summed E-state index contributed by atoms with van der Waals surface area (Å²) in [6.07, 6.45) is 1.47. The van der Waals surface area contributed by atoms with Crippen LogP contribution in [-0.2, 0) is 20.7 Å². The Bertz CT molecular complexity index is 447. The average Bonchev–Trinajstić information content (AvgIpc) is 2.47. The van der Waals surface area contributed by atoms with Gasteiger partial charge in [-0.3, -0.25) is 4.79 Å². The Morgan fingerprint density at radius 3 is 2.52 bits per heavy atom. The predicted molar refractivity (Wildman–Crippen MR) is 80.0 cm³/mol. The van der Waals surface area contributed by atoms with E-state index >= 15 is 0 Å². The number of hydrogen-bond donors (Lipinski definition) is 2. The summed E-state index contributed by atoms with van der Waals surface area (Å²) in [5, 5.41) is 11.8. The molecule has 1 rings (SSSR count). The maximum absolute atomic E-state index is 11.9. The number of ether oxygens (including phenoxy) is 1. The molecule has 0 bridgehead atoms. The van der Waals surface area contributed by atoms with E-state index in [4.69, 9.17) is 4.74 Å². The molecule has 0 fully saturated rings.